The van der Waals surface area contributed by atoms with Gasteiger partial charge in [0.1, 0.15) is 6.26 Å². The Labute approximate surface area is 118 Å². The van der Waals surface area contributed by atoms with E-state index in [1.54, 1.807) is 12.1 Å². The number of fused-ring (bicyclic) bond motifs is 1. The van der Waals surface area contributed by atoms with E-state index in [9.17, 15) is 9.59 Å². The number of carboxylic acids is 1. The monoisotopic (exact) mass is 286 g/mol. The Morgan fingerprint density at radius 3 is 2.80 bits per heavy atom. The lowest BCUT2D eigenvalue weighted by Crippen LogP contribution is -2.04. The van der Waals surface area contributed by atoms with E-state index in [4.69, 9.17) is 9.52 Å². The molecule has 2 heterocycles. The van der Waals surface area contributed by atoms with Crippen LogP contribution in [0.15, 0.2) is 46.6 Å². The summed E-state index contributed by atoms with van der Waals surface area (Å²) in [6.45, 7) is 0. The summed E-state index contributed by atoms with van der Waals surface area (Å²) in [6, 6.07) is 6.96. The molecule has 0 spiro atoms. The van der Waals surface area contributed by atoms with Crippen molar-refractivity contribution in [3.63, 3.8) is 0 Å². The van der Waals surface area contributed by atoms with Crippen molar-refractivity contribution >= 4 is 33.2 Å². The van der Waals surface area contributed by atoms with Crippen LogP contribution in [0.2, 0.25) is 0 Å². The second kappa shape index (κ2) is 4.94. The molecule has 1 N–H and O–H groups in total. The first-order chi connectivity index (χ1) is 9.65. The molecule has 100 valence electrons. The molecule has 3 aromatic rings. The highest BCUT2D eigenvalue weighted by Crippen LogP contribution is 2.28. The zero-order valence-electron chi connectivity index (χ0n) is 10.3. The van der Waals surface area contributed by atoms with Crippen molar-refractivity contribution in [1.82, 2.24) is 0 Å². The summed E-state index contributed by atoms with van der Waals surface area (Å²) in [4.78, 5) is 23.3. The molecule has 20 heavy (non-hydrogen) atoms. The summed E-state index contributed by atoms with van der Waals surface area (Å²) in [5, 5.41) is 11.7. The summed E-state index contributed by atoms with van der Waals surface area (Å²) in [5.41, 5.74) is 1.61. The van der Waals surface area contributed by atoms with E-state index >= 15 is 0 Å². The summed E-state index contributed by atoms with van der Waals surface area (Å²) in [7, 11) is 0. The number of rotatable bonds is 4. The number of furan rings is 1. The molecular formula is C15H10O4S. The minimum atomic E-state index is -0.915. The zero-order valence-corrected chi connectivity index (χ0v) is 11.1. The first kappa shape index (κ1) is 12.6. The third-order valence-electron chi connectivity index (χ3n) is 2.99. The molecule has 0 bridgehead atoms. The lowest BCUT2D eigenvalue weighted by molar-refractivity contribution is -0.136. The molecular weight excluding hydrogens is 276 g/mol. The highest BCUT2D eigenvalue weighted by atomic mass is 32.1. The standard InChI is InChI=1S/C15H10O4S/c16-13(17)7-9-5-10-2-4-20-15(10)12(6-9)14(18)11-1-3-19-8-11/h1-6,8H,7H2,(H,16,17). The van der Waals surface area contributed by atoms with Gasteiger partial charge in [-0.2, -0.15) is 0 Å². The Balaban J connectivity index is 2.15. The van der Waals surface area contributed by atoms with Gasteiger partial charge < -0.3 is 9.52 Å². The van der Waals surface area contributed by atoms with Gasteiger partial charge in [-0.1, -0.05) is 0 Å². The van der Waals surface area contributed by atoms with E-state index in [1.807, 2.05) is 17.5 Å². The zero-order chi connectivity index (χ0) is 14.1. The maximum absolute atomic E-state index is 12.5. The SMILES string of the molecule is O=C(O)Cc1cc(C(=O)c2ccoc2)c2sccc2c1. The molecule has 1 aromatic carbocycles. The highest BCUT2D eigenvalue weighted by Gasteiger charge is 2.16. The predicted molar refractivity (Wildman–Crippen MR) is 75.3 cm³/mol. The van der Waals surface area contributed by atoms with Gasteiger partial charge in [-0.25, -0.2) is 0 Å². The van der Waals surface area contributed by atoms with Gasteiger partial charge in [-0.05, 0) is 40.6 Å². The topological polar surface area (TPSA) is 67.5 Å². The van der Waals surface area contributed by atoms with Crippen molar-refractivity contribution in [3.8, 4) is 0 Å². The van der Waals surface area contributed by atoms with E-state index in [1.165, 1.54) is 23.9 Å². The molecule has 0 saturated carbocycles. The van der Waals surface area contributed by atoms with Crippen LogP contribution in [-0.4, -0.2) is 16.9 Å². The molecule has 0 amide bonds. The predicted octanol–water partition coefficient (Wildman–Crippen LogP) is 3.35. The van der Waals surface area contributed by atoms with Gasteiger partial charge in [-0.15, -0.1) is 11.3 Å². The van der Waals surface area contributed by atoms with E-state index in [0.29, 0.717) is 16.7 Å². The molecule has 0 aliphatic heterocycles. The van der Waals surface area contributed by atoms with Crippen molar-refractivity contribution in [2.45, 2.75) is 6.42 Å². The largest absolute Gasteiger partial charge is 0.481 e. The van der Waals surface area contributed by atoms with Crippen LogP contribution >= 0.6 is 11.3 Å². The number of aliphatic carboxylic acids is 1. The fraction of sp³-hybridized carbons (Fsp3) is 0.0667. The van der Waals surface area contributed by atoms with Gasteiger partial charge in [-0.3, -0.25) is 9.59 Å². The molecule has 0 aliphatic carbocycles. The van der Waals surface area contributed by atoms with Crippen LogP contribution in [0.25, 0.3) is 10.1 Å². The van der Waals surface area contributed by atoms with E-state index in [0.717, 1.165) is 10.1 Å². The molecule has 5 heteroatoms. The normalized spacial score (nSPS) is 10.8. The molecule has 0 saturated heterocycles. The Hall–Kier alpha value is -2.40. The van der Waals surface area contributed by atoms with Crippen LogP contribution in [0.1, 0.15) is 21.5 Å². The van der Waals surface area contributed by atoms with Gasteiger partial charge in [0, 0.05) is 10.3 Å². The van der Waals surface area contributed by atoms with E-state index in [2.05, 4.69) is 0 Å². The number of carboxylic acid groups (broad SMARTS) is 1. The number of ketones is 1. The smallest absolute Gasteiger partial charge is 0.307 e. The van der Waals surface area contributed by atoms with Crippen LogP contribution in [0.5, 0.6) is 0 Å². The van der Waals surface area contributed by atoms with Crippen molar-refractivity contribution in [3.05, 3.63) is 58.9 Å². The van der Waals surface area contributed by atoms with Crippen LogP contribution in [0.3, 0.4) is 0 Å². The molecule has 2 aromatic heterocycles. The molecule has 0 fully saturated rings. The lowest BCUT2D eigenvalue weighted by Gasteiger charge is -2.04. The minimum Gasteiger partial charge on any atom is -0.481 e. The van der Waals surface area contributed by atoms with Gasteiger partial charge >= 0.3 is 5.97 Å². The Morgan fingerprint density at radius 2 is 2.10 bits per heavy atom. The molecule has 0 atom stereocenters. The molecule has 0 unspecified atom stereocenters. The number of hydrogen-bond donors (Lipinski definition) is 1. The fourth-order valence-electron chi connectivity index (χ4n) is 2.14. The van der Waals surface area contributed by atoms with Crippen LogP contribution < -0.4 is 0 Å². The quantitative estimate of drug-likeness (QED) is 0.747. The fourth-order valence-corrected chi connectivity index (χ4v) is 3.03. The Kier molecular flexibility index (Phi) is 3.12. The van der Waals surface area contributed by atoms with Gasteiger partial charge in [0.05, 0.1) is 18.2 Å². The van der Waals surface area contributed by atoms with Gasteiger partial charge in [0.2, 0.25) is 0 Å². The number of hydrogen-bond acceptors (Lipinski definition) is 4. The van der Waals surface area contributed by atoms with Crippen molar-refractivity contribution in [1.29, 1.82) is 0 Å². The van der Waals surface area contributed by atoms with Crippen LogP contribution in [0, 0.1) is 0 Å². The molecule has 4 nitrogen and oxygen atoms in total. The van der Waals surface area contributed by atoms with Gasteiger partial charge in [0.25, 0.3) is 0 Å². The van der Waals surface area contributed by atoms with Crippen LogP contribution in [0.4, 0.5) is 0 Å². The number of carbonyl (C=O) groups excluding carboxylic acids is 1. The maximum Gasteiger partial charge on any atom is 0.307 e. The molecule has 3 rings (SSSR count). The van der Waals surface area contributed by atoms with E-state index < -0.39 is 5.97 Å². The highest BCUT2D eigenvalue weighted by molar-refractivity contribution is 7.17. The summed E-state index contributed by atoms with van der Waals surface area (Å²) >= 11 is 1.47. The number of thiophene rings is 1. The number of benzene rings is 1. The maximum atomic E-state index is 12.5. The van der Waals surface area contributed by atoms with Crippen molar-refractivity contribution in [2.24, 2.45) is 0 Å². The van der Waals surface area contributed by atoms with Crippen molar-refractivity contribution in [2.75, 3.05) is 0 Å². The van der Waals surface area contributed by atoms with Crippen LogP contribution in [-0.2, 0) is 11.2 Å². The minimum absolute atomic E-state index is 0.0997. The second-order valence-corrected chi connectivity index (χ2v) is 5.31. The molecule has 0 aliphatic rings. The molecule has 0 radical (unpaired) electrons. The van der Waals surface area contributed by atoms with E-state index in [-0.39, 0.29) is 12.2 Å². The third-order valence-corrected chi connectivity index (χ3v) is 3.96. The third kappa shape index (κ3) is 2.23. The van der Waals surface area contributed by atoms with Crippen molar-refractivity contribution < 1.29 is 19.1 Å². The first-order valence-electron chi connectivity index (χ1n) is 5.94. The second-order valence-electron chi connectivity index (χ2n) is 4.39. The Morgan fingerprint density at radius 1 is 1.25 bits per heavy atom. The first-order valence-corrected chi connectivity index (χ1v) is 6.82. The average Bonchev–Trinajstić information content (AvgIpc) is 3.07. The summed E-state index contributed by atoms with van der Waals surface area (Å²) in [5.74, 6) is -1.07. The summed E-state index contributed by atoms with van der Waals surface area (Å²) in [6.07, 6.45) is 2.74. The Bertz CT molecular complexity index is 783. The lowest BCUT2D eigenvalue weighted by atomic mass is 10.00. The summed E-state index contributed by atoms with van der Waals surface area (Å²) < 4.78 is 5.80. The average molecular weight is 286 g/mol. The van der Waals surface area contributed by atoms with Gasteiger partial charge in [0.15, 0.2) is 5.78 Å². The number of carbonyl (C=O) groups is 2.